The summed E-state index contributed by atoms with van der Waals surface area (Å²) < 4.78 is 0. The van der Waals surface area contributed by atoms with Gasteiger partial charge in [0.05, 0.1) is 16.7 Å². The minimum Gasteiger partial charge on any atom is -0.506 e. The second-order valence-electron chi connectivity index (χ2n) is 3.78. The molecular weight excluding hydrogens is 246 g/mol. The molecule has 0 heterocycles. The number of halogens is 1. The van der Waals surface area contributed by atoms with E-state index in [-0.39, 0.29) is 5.75 Å². The molecule has 0 spiro atoms. The Morgan fingerprint density at radius 1 is 1.00 bits per heavy atom. The molecule has 1 N–H and O–H groups in total. The zero-order chi connectivity index (χ0) is 13.0. The largest absolute Gasteiger partial charge is 0.506 e. The van der Waals surface area contributed by atoms with Crippen molar-refractivity contribution in [2.24, 2.45) is 0 Å². The minimum absolute atomic E-state index is 0.0761. The summed E-state index contributed by atoms with van der Waals surface area (Å²) in [5, 5.41) is 18.3. The SMILES string of the molecule is N#Cc1ccc(C=Cc2ccc(O)c(Cl)c2)cc1. The van der Waals surface area contributed by atoms with Gasteiger partial charge in [0.2, 0.25) is 0 Å². The van der Waals surface area contributed by atoms with E-state index in [9.17, 15) is 5.11 Å². The number of nitriles is 1. The molecule has 0 aliphatic rings. The lowest BCUT2D eigenvalue weighted by Gasteiger charge is -1.98. The van der Waals surface area contributed by atoms with E-state index < -0.39 is 0 Å². The number of phenols is 1. The normalized spacial score (nSPS) is 10.4. The van der Waals surface area contributed by atoms with Gasteiger partial charge in [0.25, 0.3) is 0 Å². The molecule has 0 saturated heterocycles. The molecule has 88 valence electrons. The first-order valence-electron chi connectivity index (χ1n) is 5.36. The molecule has 2 nitrogen and oxygen atoms in total. The van der Waals surface area contributed by atoms with Crippen molar-refractivity contribution in [2.45, 2.75) is 0 Å². The Kier molecular flexibility index (Phi) is 3.66. The van der Waals surface area contributed by atoms with Crippen molar-refractivity contribution in [1.29, 1.82) is 5.26 Å². The van der Waals surface area contributed by atoms with Gasteiger partial charge in [-0.25, -0.2) is 0 Å². The number of rotatable bonds is 2. The third-order valence-corrected chi connectivity index (χ3v) is 2.78. The molecular formula is C15H10ClNO. The fraction of sp³-hybridized carbons (Fsp3) is 0. The van der Waals surface area contributed by atoms with Crippen molar-refractivity contribution in [3.05, 3.63) is 64.2 Å². The lowest BCUT2D eigenvalue weighted by molar-refractivity contribution is 0.475. The van der Waals surface area contributed by atoms with Crippen molar-refractivity contribution in [3.63, 3.8) is 0 Å². The summed E-state index contributed by atoms with van der Waals surface area (Å²) in [5.74, 6) is 0.0761. The molecule has 18 heavy (non-hydrogen) atoms. The van der Waals surface area contributed by atoms with Gasteiger partial charge in [-0.2, -0.15) is 5.26 Å². The Morgan fingerprint density at radius 2 is 1.61 bits per heavy atom. The summed E-state index contributed by atoms with van der Waals surface area (Å²) in [6.45, 7) is 0. The third-order valence-electron chi connectivity index (χ3n) is 2.48. The molecule has 0 fully saturated rings. The van der Waals surface area contributed by atoms with E-state index >= 15 is 0 Å². The predicted octanol–water partition coefficient (Wildman–Crippen LogP) is 4.09. The van der Waals surface area contributed by atoms with Crippen LogP contribution in [0.3, 0.4) is 0 Å². The van der Waals surface area contributed by atoms with E-state index in [0.29, 0.717) is 10.6 Å². The van der Waals surface area contributed by atoms with E-state index in [1.807, 2.05) is 24.3 Å². The Balaban J connectivity index is 2.19. The highest BCUT2D eigenvalue weighted by atomic mass is 35.5. The van der Waals surface area contributed by atoms with E-state index in [4.69, 9.17) is 16.9 Å². The molecule has 0 aliphatic heterocycles. The van der Waals surface area contributed by atoms with Crippen LogP contribution in [0.2, 0.25) is 5.02 Å². The maximum Gasteiger partial charge on any atom is 0.134 e. The van der Waals surface area contributed by atoms with E-state index in [1.54, 1.807) is 30.3 Å². The highest BCUT2D eigenvalue weighted by Gasteiger charge is 1.97. The van der Waals surface area contributed by atoms with Gasteiger partial charge in [-0.05, 0) is 35.4 Å². The number of benzene rings is 2. The highest BCUT2D eigenvalue weighted by Crippen LogP contribution is 2.24. The van der Waals surface area contributed by atoms with Crippen molar-refractivity contribution in [1.82, 2.24) is 0 Å². The van der Waals surface area contributed by atoms with Crippen LogP contribution < -0.4 is 0 Å². The van der Waals surface area contributed by atoms with Gasteiger partial charge >= 0.3 is 0 Å². The van der Waals surface area contributed by atoms with Crippen LogP contribution in [-0.4, -0.2) is 5.11 Å². The summed E-state index contributed by atoms with van der Waals surface area (Å²) in [4.78, 5) is 0. The zero-order valence-electron chi connectivity index (χ0n) is 9.47. The number of hydrogen-bond acceptors (Lipinski definition) is 2. The summed E-state index contributed by atoms with van der Waals surface area (Å²) >= 11 is 5.82. The quantitative estimate of drug-likeness (QED) is 0.822. The molecule has 0 aliphatic carbocycles. The monoisotopic (exact) mass is 255 g/mol. The average molecular weight is 256 g/mol. The van der Waals surface area contributed by atoms with Crippen LogP contribution in [0.25, 0.3) is 12.2 Å². The van der Waals surface area contributed by atoms with E-state index in [0.717, 1.165) is 11.1 Å². The lowest BCUT2D eigenvalue weighted by atomic mass is 10.1. The Morgan fingerprint density at radius 3 is 2.22 bits per heavy atom. The smallest absolute Gasteiger partial charge is 0.134 e. The maximum absolute atomic E-state index is 9.30. The molecule has 2 aromatic carbocycles. The number of aromatic hydroxyl groups is 1. The molecule has 0 atom stereocenters. The maximum atomic E-state index is 9.30. The van der Waals surface area contributed by atoms with Crippen LogP contribution in [0.1, 0.15) is 16.7 Å². The van der Waals surface area contributed by atoms with Gasteiger partial charge in [0.15, 0.2) is 0 Å². The minimum atomic E-state index is 0.0761. The second kappa shape index (κ2) is 5.39. The van der Waals surface area contributed by atoms with Gasteiger partial charge in [-0.3, -0.25) is 0 Å². The zero-order valence-corrected chi connectivity index (χ0v) is 10.2. The van der Waals surface area contributed by atoms with Crippen LogP contribution in [0.15, 0.2) is 42.5 Å². The Hall–Kier alpha value is -2.24. The molecule has 0 radical (unpaired) electrons. The van der Waals surface area contributed by atoms with Crippen LogP contribution in [0.4, 0.5) is 0 Å². The number of phenolic OH excluding ortho intramolecular Hbond substituents is 1. The van der Waals surface area contributed by atoms with Crippen LogP contribution in [0.5, 0.6) is 5.75 Å². The molecule has 0 aromatic heterocycles. The summed E-state index contributed by atoms with van der Waals surface area (Å²) in [6.07, 6.45) is 3.82. The van der Waals surface area contributed by atoms with Gasteiger partial charge in [0.1, 0.15) is 5.75 Å². The highest BCUT2D eigenvalue weighted by molar-refractivity contribution is 6.32. The predicted molar refractivity (Wildman–Crippen MR) is 73.2 cm³/mol. The third kappa shape index (κ3) is 2.91. The topological polar surface area (TPSA) is 44.0 Å². The van der Waals surface area contributed by atoms with Gasteiger partial charge in [-0.1, -0.05) is 42.0 Å². The Labute approximate surface area is 110 Å². The summed E-state index contributed by atoms with van der Waals surface area (Å²) in [5.41, 5.74) is 2.54. The summed E-state index contributed by atoms with van der Waals surface area (Å²) in [7, 11) is 0. The molecule has 2 rings (SSSR count). The molecule has 2 aromatic rings. The second-order valence-corrected chi connectivity index (χ2v) is 4.19. The van der Waals surface area contributed by atoms with Crippen LogP contribution >= 0.6 is 11.6 Å². The standard InChI is InChI=1S/C15H10ClNO/c16-14-9-12(7-8-15(14)18)4-1-11-2-5-13(10-17)6-3-11/h1-9,18H. The first-order chi connectivity index (χ1) is 8.69. The first kappa shape index (κ1) is 12.2. The van der Waals surface area contributed by atoms with Gasteiger partial charge in [0, 0.05) is 0 Å². The molecule has 0 unspecified atom stereocenters. The van der Waals surface area contributed by atoms with Gasteiger partial charge in [-0.15, -0.1) is 0 Å². The van der Waals surface area contributed by atoms with Crippen LogP contribution in [-0.2, 0) is 0 Å². The van der Waals surface area contributed by atoms with E-state index in [2.05, 4.69) is 6.07 Å². The van der Waals surface area contributed by atoms with Crippen molar-refractivity contribution < 1.29 is 5.11 Å². The Bertz CT molecular complexity index is 624. The molecule has 0 saturated carbocycles. The van der Waals surface area contributed by atoms with Gasteiger partial charge < -0.3 is 5.11 Å². The molecule has 0 amide bonds. The number of hydrogen-bond donors (Lipinski definition) is 1. The van der Waals surface area contributed by atoms with Crippen molar-refractivity contribution >= 4 is 23.8 Å². The van der Waals surface area contributed by atoms with E-state index in [1.165, 1.54) is 0 Å². The number of nitrogens with zero attached hydrogens (tertiary/aromatic N) is 1. The fourth-order valence-electron chi connectivity index (χ4n) is 1.49. The average Bonchev–Trinajstić information content (AvgIpc) is 2.41. The van der Waals surface area contributed by atoms with Crippen molar-refractivity contribution in [2.75, 3.05) is 0 Å². The first-order valence-corrected chi connectivity index (χ1v) is 5.73. The molecule has 0 bridgehead atoms. The molecule has 3 heteroatoms. The lowest BCUT2D eigenvalue weighted by Crippen LogP contribution is -1.76. The van der Waals surface area contributed by atoms with Crippen LogP contribution in [0, 0.1) is 11.3 Å². The van der Waals surface area contributed by atoms with Crippen molar-refractivity contribution in [3.8, 4) is 11.8 Å². The summed E-state index contributed by atoms with van der Waals surface area (Å²) in [6, 6.07) is 14.4. The fourth-order valence-corrected chi connectivity index (χ4v) is 1.68.